The van der Waals surface area contributed by atoms with E-state index in [9.17, 15) is 0 Å². The molecule has 128 valence electrons. The van der Waals surface area contributed by atoms with Crippen LogP contribution in [-0.2, 0) is 30.7 Å². The van der Waals surface area contributed by atoms with Gasteiger partial charge in [0.05, 0.1) is 32.6 Å². The zero-order valence-electron chi connectivity index (χ0n) is 14.4. The Morgan fingerprint density at radius 2 is 2.08 bits per heavy atom. The molecule has 6 nitrogen and oxygen atoms in total. The Labute approximate surface area is 142 Å². The van der Waals surface area contributed by atoms with E-state index in [0.29, 0.717) is 0 Å². The second-order valence-electron chi connectivity index (χ2n) is 6.48. The van der Waals surface area contributed by atoms with Gasteiger partial charge >= 0.3 is 0 Å². The molecule has 1 aromatic heterocycles. The molecular formula is C18H24N4O2. The number of anilines is 1. The molecule has 0 atom stereocenters. The summed E-state index contributed by atoms with van der Waals surface area (Å²) in [7, 11) is 1.75. The highest BCUT2D eigenvalue weighted by Crippen LogP contribution is 2.38. The van der Waals surface area contributed by atoms with Crippen molar-refractivity contribution in [1.29, 1.82) is 0 Å². The molecule has 2 aromatic rings. The summed E-state index contributed by atoms with van der Waals surface area (Å²) in [5.41, 5.74) is 3.97. The van der Waals surface area contributed by atoms with Gasteiger partial charge in [-0.25, -0.2) is 0 Å². The molecule has 0 amide bonds. The summed E-state index contributed by atoms with van der Waals surface area (Å²) in [6, 6.07) is 4.23. The summed E-state index contributed by atoms with van der Waals surface area (Å²) < 4.78 is 13.4. The van der Waals surface area contributed by atoms with Gasteiger partial charge in [0, 0.05) is 19.5 Å². The Balaban J connectivity index is 1.68. The first-order chi connectivity index (χ1) is 11.8. The maximum Gasteiger partial charge on any atom is 0.152 e. The van der Waals surface area contributed by atoms with Crippen LogP contribution in [0.1, 0.15) is 29.2 Å². The Kier molecular flexibility index (Phi) is 4.14. The Morgan fingerprint density at radius 3 is 2.96 bits per heavy atom. The number of rotatable bonds is 3. The molecule has 0 saturated heterocycles. The van der Waals surface area contributed by atoms with Crippen LogP contribution in [0.25, 0.3) is 0 Å². The van der Waals surface area contributed by atoms with Crippen LogP contribution in [0, 0.1) is 6.92 Å². The predicted molar refractivity (Wildman–Crippen MR) is 91.6 cm³/mol. The fourth-order valence-electron chi connectivity index (χ4n) is 3.78. The minimum atomic E-state index is 0.733. The highest BCUT2D eigenvalue weighted by Gasteiger charge is 2.25. The minimum absolute atomic E-state index is 0.733. The van der Waals surface area contributed by atoms with Crippen LogP contribution in [0.3, 0.4) is 0 Å². The Hall–Kier alpha value is -2.08. The molecule has 0 unspecified atom stereocenters. The molecule has 0 N–H and O–H groups in total. The first kappa shape index (κ1) is 15.4. The molecule has 4 rings (SSSR count). The lowest BCUT2D eigenvalue weighted by Gasteiger charge is -2.33. The number of hydrogen-bond acceptors (Lipinski definition) is 5. The SMILES string of the molecule is COc1ccc(C)c2c1N(Cc1nnc3n1CCOCC3)CCC2. The Morgan fingerprint density at radius 1 is 1.17 bits per heavy atom. The van der Waals surface area contributed by atoms with Gasteiger partial charge in [-0.2, -0.15) is 0 Å². The van der Waals surface area contributed by atoms with Crippen molar-refractivity contribution < 1.29 is 9.47 Å². The van der Waals surface area contributed by atoms with E-state index in [2.05, 4.69) is 38.7 Å². The van der Waals surface area contributed by atoms with Gasteiger partial charge in [0.2, 0.25) is 0 Å². The third-order valence-corrected chi connectivity index (χ3v) is 5.04. The number of methoxy groups -OCH3 is 1. The highest BCUT2D eigenvalue weighted by molar-refractivity contribution is 5.67. The average Bonchev–Trinajstić information content (AvgIpc) is 2.82. The van der Waals surface area contributed by atoms with Crippen molar-refractivity contribution in [1.82, 2.24) is 14.8 Å². The van der Waals surface area contributed by atoms with E-state index >= 15 is 0 Å². The fraction of sp³-hybridized carbons (Fsp3) is 0.556. The van der Waals surface area contributed by atoms with E-state index in [-0.39, 0.29) is 0 Å². The summed E-state index contributed by atoms with van der Waals surface area (Å²) in [6.45, 7) is 6.27. The van der Waals surface area contributed by atoms with Gasteiger partial charge in [0.15, 0.2) is 5.82 Å². The number of aryl methyl sites for hydroxylation is 1. The predicted octanol–water partition coefficient (Wildman–Crippen LogP) is 2.12. The van der Waals surface area contributed by atoms with Crippen molar-refractivity contribution in [3.8, 4) is 5.75 Å². The van der Waals surface area contributed by atoms with Crippen molar-refractivity contribution in [2.24, 2.45) is 0 Å². The second-order valence-corrected chi connectivity index (χ2v) is 6.48. The van der Waals surface area contributed by atoms with Gasteiger partial charge in [-0.1, -0.05) is 6.07 Å². The molecule has 3 heterocycles. The normalized spacial score (nSPS) is 17.2. The molecule has 0 radical (unpaired) electrons. The molecule has 0 aliphatic carbocycles. The summed E-state index contributed by atoms with van der Waals surface area (Å²) in [5, 5.41) is 8.83. The van der Waals surface area contributed by atoms with E-state index in [1.54, 1.807) is 7.11 Å². The van der Waals surface area contributed by atoms with Crippen LogP contribution in [0.4, 0.5) is 5.69 Å². The van der Waals surface area contributed by atoms with Gasteiger partial charge in [-0.05, 0) is 37.0 Å². The average molecular weight is 328 g/mol. The molecule has 0 saturated carbocycles. The van der Waals surface area contributed by atoms with Crippen LogP contribution in [0.5, 0.6) is 5.75 Å². The topological polar surface area (TPSA) is 52.4 Å². The monoisotopic (exact) mass is 328 g/mol. The smallest absolute Gasteiger partial charge is 0.152 e. The standard InChI is InChI=1S/C18H24N4O2/c1-13-5-6-15(23-2)18-14(13)4-3-8-21(18)12-17-20-19-16-7-10-24-11-9-22(16)17/h5-6H,3-4,7-12H2,1-2H3. The number of hydrogen-bond donors (Lipinski definition) is 0. The van der Waals surface area contributed by atoms with Gasteiger partial charge in [0.25, 0.3) is 0 Å². The molecule has 24 heavy (non-hydrogen) atoms. The van der Waals surface area contributed by atoms with Crippen LogP contribution in [0.2, 0.25) is 0 Å². The summed E-state index contributed by atoms with van der Waals surface area (Å²) in [4.78, 5) is 2.40. The van der Waals surface area contributed by atoms with Crippen molar-refractivity contribution in [2.45, 2.75) is 39.3 Å². The van der Waals surface area contributed by atoms with E-state index in [4.69, 9.17) is 9.47 Å². The summed E-state index contributed by atoms with van der Waals surface area (Å²) >= 11 is 0. The van der Waals surface area contributed by atoms with E-state index in [1.165, 1.54) is 16.8 Å². The maximum absolute atomic E-state index is 5.65. The Bertz CT molecular complexity index is 741. The van der Waals surface area contributed by atoms with Gasteiger partial charge in [0.1, 0.15) is 11.6 Å². The summed E-state index contributed by atoms with van der Waals surface area (Å²) in [5.74, 6) is 3.01. The first-order valence-corrected chi connectivity index (χ1v) is 8.68. The lowest BCUT2D eigenvalue weighted by Crippen LogP contribution is -2.31. The van der Waals surface area contributed by atoms with Crippen LogP contribution < -0.4 is 9.64 Å². The molecular weight excluding hydrogens is 304 g/mol. The molecule has 0 spiro atoms. The number of ether oxygens (including phenoxy) is 2. The van der Waals surface area contributed by atoms with E-state index in [1.807, 2.05) is 0 Å². The fourth-order valence-corrected chi connectivity index (χ4v) is 3.78. The minimum Gasteiger partial charge on any atom is -0.495 e. The molecule has 0 bridgehead atoms. The maximum atomic E-state index is 5.65. The molecule has 1 aromatic carbocycles. The number of benzene rings is 1. The van der Waals surface area contributed by atoms with Crippen LogP contribution >= 0.6 is 0 Å². The third kappa shape index (κ3) is 2.65. The zero-order valence-corrected chi connectivity index (χ0v) is 14.4. The van der Waals surface area contributed by atoms with Crippen molar-refractivity contribution in [2.75, 3.05) is 31.8 Å². The van der Waals surface area contributed by atoms with E-state index in [0.717, 1.165) is 69.5 Å². The molecule has 6 heteroatoms. The van der Waals surface area contributed by atoms with Gasteiger partial charge in [-0.15, -0.1) is 10.2 Å². The zero-order chi connectivity index (χ0) is 16.5. The van der Waals surface area contributed by atoms with Crippen molar-refractivity contribution in [3.63, 3.8) is 0 Å². The van der Waals surface area contributed by atoms with Gasteiger partial charge in [-0.3, -0.25) is 0 Å². The molecule has 0 fully saturated rings. The largest absolute Gasteiger partial charge is 0.495 e. The number of aromatic nitrogens is 3. The van der Waals surface area contributed by atoms with Crippen molar-refractivity contribution >= 4 is 5.69 Å². The number of fused-ring (bicyclic) bond motifs is 2. The molecule has 2 aliphatic rings. The third-order valence-electron chi connectivity index (χ3n) is 5.04. The lowest BCUT2D eigenvalue weighted by molar-refractivity contribution is 0.139. The first-order valence-electron chi connectivity index (χ1n) is 8.68. The van der Waals surface area contributed by atoms with Crippen LogP contribution in [0.15, 0.2) is 12.1 Å². The number of nitrogens with zero attached hydrogens (tertiary/aromatic N) is 4. The van der Waals surface area contributed by atoms with E-state index < -0.39 is 0 Å². The quantitative estimate of drug-likeness (QED) is 0.864. The second kappa shape index (κ2) is 6.43. The van der Waals surface area contributed by atoms with Gasteiger partial charge < -0.3 is 18.9 Å². The van der Waals surface area contributed by atoms with Crippen LogP contribution in [-0.4, -0.2) is 41.6 Å². The lowest BCUT2D eigenvalue weighted by atomic mass is 9.96. The summed E-state index contributed by atoms with van der Waals surface area (Å²) in [6.07, 6.45) is 3.11. The van der Waals surface area contributed by atoms with Crippen molar-refractivity contribution in [3.05, 3.63) is 34.9 Å². The highest BCUT2D eigenvalue weighted by atomic mass is 16.5. The molecule has 2 aliphatic heterocycles.